The molecule has 0 bridgehead atoms. The molecular formula is C22H24F3N5S. The molecule has 164 valence electrons. The largest absolute Gasteiger partial charge is 0.393 e. The number of anilines is 1. The summed E-state index contributed by atoms with van der Waals surface area (Å²) >= 11 is 1.11. The van der Waals surface area contributed by atoms with Gasteiger partial charge < -0.3 is 4.90 Å². The molecule has 0 N–H and O–H groups in total. The highest BCUT2D eigenvalue weighted by molar-refractivity contribution is 7.18. The summed E-state index contributed by atoms with van der Waals surface area (Å²) in [6, 6.07) is 3.81. The van der Waals surface area contributed by atoms with Gasteiger partial charge in [-0.3, -0.25) is 9.88 Å². The second-order valence-corrected chi connectivity index (χ2v) is 9.86. The van der Waals surface area contributed by atoms with Gasteiger partial charge in [0.05, 0.1) is 11.8 Å². The number of pyridine rings is 1. The number of thiophene rings is 1. The van der Waals surface area contributed by atoms with Gasteiger partial charge in [0.2, 0.25) is 0 Å². The van der Waals surface area contributed by atoms with Crippen LogP contribution in [0.4, 0.5) is 19.0 Å². The minimum absolute atomic E-state index is 0.291. The van der Waals surface area contributed by atoms with E-state index in [4.69, 9.17) is 0 Å². The Bertz CT molecular complexity index is 1080. The molecule has 3 aromatic heterocycles. The van der Waals surface area contributed by atoms with E-state index in [9.17, 15) is 13.2 Å². The van der Waals surface area contributed by atoms with Crippen LogP contribution in [0.25, 0.3) is 10.2 Å². The maximum Gasteiger partial charge on any atom is 0.393 e. The second kappa shape index (κ2) is 8.02. The molecule has 0 unspecified atom stereocenters. The van der Waals surface area contributed by atoms with Crippen LogP contribution in [0.5, 0.6) is 0 Å². The number of fused-ring (bicyclic) bond motifs is 2. The van der Waals surface area contributed by atoms with Crippen LogP contribution in [-0.2, 0) is 13.0 Å². The number of nitrogens with zero attached hydrogens (tertiary/aromatic N) is 5. The quantitative estimate of drug-likeness (QED) is 0.591. The van der Waals surface area contributed by atoms with Crippen molar-refractivity contribution in [3.05, 3.63) is 46.9 Å². The average Bonchev–Trinajstić information content (AvgIpc) is 3.29. The monoisotopic (exact) mass is 447 g/mol. The molecule has 5 nitrogen and oxygen atoms in total. The van der Waals surface area contributed by atoms with Gasteiger partial charge in [-0.25, -0.2) is 9.97 Å². The molecule has 0 radical (unpaired) electrons. The fraction of sp³-hybridized carbons (Fsp3) is 0.500. The number of aryl methyl sites for hydroxylation is 1. The van der Waals surface area contributed by atoms with Crippen LogP contribution in [0.1, 0.15) is 22.4 Å². The molecule has 3 aromatic rings. The van der Waals surface area contributed by atoms with Crippen molar-refractivity contribution in [1.29, 1.82) is 0 Å². The van der Waals surface area contributed by atoms with E-state index in [-0.39, 0.29) is 0 Å². The van der Waals surface area contributed by atoms with Crippen LogP contribution in [0.3, 0.4) is 0 Å². The van der Waals surface area contributed by atoms with E-state index in [1.807, 2.05) is 12.4 Å². The van der Waals surface area contributed by atoms with E-state index in [2.05, 4.69) is 37.7 Å². The predicted octanol–water partition coefficient (Wildman–Crippen LogP) is 4.46. The van der Waals surface area contributed by atoms with Crippen LogP contribution in [0.2, 0.25) is 0 Å². The maximum atomic E-state index is 12.8. The van der Waals surface area contributed by atoms with Gasteiger partial charge in [0.25, 0.3) is 0 Å². The predicted molar refractivity (Wildman–Crippen MR) is 115 cm³/mol. The van der Waals surface area contributed by atoms with Gasteiger partial charge in [-0.1, -0.05) is 6.07 Å². The third-order valence-corrected chi connectivity index (χ3v) is 7.30. The SMILES string of the molecule is Cc1cncc(CN2CC[C@@H]3CN(c4ncnc5sc(CC(F)(F)F)cc45)C[C@@H]3C2)c1. The number of rotatable bonds is 4. The zero-order chi connectivity index (χ0) is 21.6. The first-order chi connectivity index (χ1) is 14.8. The van der Waals surface area contributed by atoms with Crippen molar-refractivity contribution < 1.29 is 13.2 Å². The summed E-state index contributed by atoms with van der Waals surface area (Å²) < 4.78 is 38.5. The Kier molecular flexibility index (Phi) is 5.34. The molecule has 2 atom stereocenters. The fourth-order valence-electron chi connectivity index (χ4n) is 4.95. The molecule has 5 rings (SSSR count). The standard InChI is InChI=1S/C22H24F3N5S/c1-14-4-15(8-26-7-14)9-29-3-2-16-11-30(12-17(16)10-29)20-19-5-18(6-22(23,24)25)31-21(19)28-13-27-20/h4-5,7-8,13,16-17H,2-3,6,9-12H2,1H3/t16-,17+/m1/s1. The normalized spacial score (nSPS) is 22.3. The minimum Gasteiger partial charge on any atom is -0.355 e. The van der Waals surface area contributed by atoms with Gasteiger partial charge in [-0.15, -0.1) is 11.3 Å². The number of piperidine rings is 1. The lowest BCUT2D eigenvalue weighted by atomic mass is 9.88. The number of hydrogen-bond acceptors (Lipinski definition) is 6. The Balaban J connectivity index is 1.31. The van der Waals surface area contributed by atoms with Crippen LogP contribution in [-0.4, -0.2) is 52.2 Å². The Morgan fingerprint density at radius 3 is 2.74 bits per heavy atom. The van der Waals surface area contributed by atoms with Gasteiger partial charge in [0.1, 0.15) is 17.0 Å². The summed E-state index contributed by atoms with van der Waals surface area (Å²) in [4.78, 5) is 18.7. The Morgan fingerprint density at radius 2 is 1.94 bits per heavy atom. The molecule has 9 heteroatoms. The van der Waals surface area contributed by atoms with Gasteiger partial charge >= 0.3 is 6.18 Å². The van der Waals surface area contributed by atoms with E-state index in [1.54, 1.807) is 6.07 Å². The highest BCUT2D eigenvalue weighted by atomic mass is 32.1. The van der Waals surface area contributed by atoms with Crippen LogP contribution in [0, 0.1) is 18.8 Å². The molecule has 0 aliphatic carbocycles. The first kappa shape index (κ1) is 20.6. The Labute approximate surface area is 182 Å². The third-order valence-electron chi connectivity index (χ3n) is 6.26. The van der Waals surface area contributed by atoms with Gasteiger partial charge in [0.15, 0.2) is 0 Å². The number of likely N-dealkylation sites (tertiary alicyclic amines) is 1. The molecular weight excluding hydrogens is 423 g/mol. The molecule has 5 heterocycles. The summed E-state index contributed by atoms with van der Waals surface area (Å²) in [6.45, 7) is 6.82. The Hall–Kier alpha value is -2.26. The average molecular weight is 448 g/mol. The lowest BCUT2D eigenvalue weighted by Gasteiger charge is -2.34. The van der Waals surface area contributed by atoms with E-state index in [0.29, 0.717) is 21.5 Å². The van der Waals surface area contributed by atoms with Crippen molar-refractivity contribution in [2.75, 3.05) is 31.1 Å². The van der Waals surface area contributed by atoms with Crippen molar-refractivity contribution >= 4 is 27.4 Å². The molecule has 2 saturated heterocycles. The van der Waals surface area contributed by atoms with Gasteiger partial charge in [0, 0.05) is 43.4 Å². The molecule has 0 saturated carbocycles. The highest BCUT2D eigenvalue weighted by Crippen LogP contribution is 2.38. The first-order valence-corrected chi connectivity index (χ1v) is 11.3. The second-order valence-electron chi connectivity index (χ2n) is 8.74. The summed E-state index contributed by atoms with van der Waals surface area (Å²) in [6.07, 6.45) is 1.28. The summed E-state index contributed by atoms with van der Waals surface area (Å²) in [7, 11) is 0. The maximum absolute atomic E-state index is 12.8. The topological polar surface area (TPSA) is 45.2 Å². The van der Waals surface area contributed by atoms with Crippen LogP contribution >= 0.6 is 11.3 Å². The minimum atomic E-state index is -4.21. The van der Waals surface area contributed by atoms with E-state index in [0.717, 1.165) is 61.7 Å². The Morgan fingerprint density at radius 1 is 1.10 bits per heavy atom. The highest BCUT2D eigenvalue weighted by Gasteiger charge is 2.38. The van der Waals surface area contributed by atoms with Crippen molar-refractivity contribution in [3.8, 4) is 0 Å². The van der Waals surface area contributed by atoms with E-state index >= 15 is 0 Å². The first-order valence-electron chi connectivity index (χ1n) is 10.5. The number of halogens is 3. The van der Waals surface area contributed by atoms with Crippen molar-refractivity contribution in [1.82, 2.24) is 19.9 Å². The zero-order valence-electron chi connectivity index (χ0n) is 17.3. The smallest absolute Gasteiger partial charge is 0.355 e. The zero-order valence-corrected chi connectivity index (χ0v) is 18.1. The van der Waals surface area contributed by atoms with Crippen LogP contribution in [0.15, 0.2) is 30.9 Å². The van der Waals surface area contributed by atoms with Crippen molar-refractivity contribution in [2.24, 2.45) is 11.8 Å². The summed E-state index contributed by atoms with van der Waals surface area (Å²) in [5.74, 6) is 1.90. The van der Waals surface area contributed by atoms with Crippen molar-refractivity contribution in [3.63, 3.8) is 0 Å². The number of alkyl halides is 3. The molecule has 0 aromatic carbocycles. The molecule has 0 amide bonds. The fourth-order valence-corrected chi connectivity index (χ4v) is 5.97. The van der Waals surface area contributed by atoms with E-state index < -0.39 is 12.6 Å². The lowest BCUT2D eigenvalue weighted by molar-refractivity contribution is -0.126. The van der Waals surface area contributed by atoms with Crippen molar-refractivity contribution in [2.45, 2.75) is 32.5 Å². The third kappa shape index (κ3) is 4.52. The van der Waals surface area contributed by atoms with Gasteiger partial charge in [-0.05, 0) is 48.9 Å². The van der Waals surface area contributed by atoms with Crippen LogP contribution < -0.4 is 4.90 Å². The summed E-state index contributed by atoms with van der Waals surface area (Å²) in [5.41, 5.74) is 2.41. The molecule has 2 aliphatic rings. The molecule has 2 aliphatic heterocycles. The van der Waals surface area contributed by atoms with Gasteiger partial charge in [-0.2, -0.15) is 13.2 Å². The molecule has 2 fully saturated rings. The number of hydrogen-bond donors (Lipinski definition) is 0. The molecule has 0 spiro atoms. The summed E-state index contributed by atoms with van der Waals surface area (Å²) in [5, 5.41) is 0.744. The van der Waals surface area contributed by atoms with E-state index in [1.165, 1.54) is 17.5 Å². The molecule has 31 heavy (non-hydrogen) atoms. The number of aromatic nitrogens is 3. The lowest BCUT2D eigenvalue weighted by Crippen LogP contribution is -2.39.